The average Bonchev–Trinajstić information content (AvgIpc) is 2.81. The lowest BCUT2D eigenvalue weighted by Gasteiger charge is -2.50. The summed E-state index contributed by atoms with van der Waals surface area (Å²) in [7, 11) is 3.13. The number of carbonyl (C=O) groups excluding carboxylic acids is 3. The van der Waals surface area contributed by atoms with Gasteiger partial charge in [0.1, 0.15) is 22.8 Å². The number of pyridine rings is 1. The number of fused-ring (bicyclic) bond motifs is 3. The number of aliphatic hydroxyl groups is 3. The van der Waals surface area contributed by atoms with Crippen molar-refractivity contribution in [3.8, 4) is 16.9 Å². The number of likely N-dealkylation sites (N-methyl/N-ethyl adjacent to an activating group) is 1. The second kappa shape index (κ2) is 8.00. The number of aromatic nitrogens is 1. The highest BCUT2D eigenvalue weighted by atomic mass is 16.3. The summed E-state index contributed by atoms with van der Waals surface area (Å²) in [6.07, 6.45) is 3.49. The molecule has 6 N–H and O–H groups in total. The molecule has 4 atom stereocenters. The summed E-state index contributed by atoms with van der Waals surface area (Å²) in [5, 5.41) is 44.4. The van der Waals surface area contributed by atoms with Crippen LogP contribution in [0, 0.1) is 11.8 Å². The van der Waals surface area contributed by atoms with Crippen LogP contribution in [0.4, 0.5) is 0 Å². The van der Waals surface area contributed by atoms with Gasteiger partial charge in [-0.25, -0.2) is 0 Å². The Morgan fingerprint density at radius 3 is 2.39 bits per heavy atom. The summed E-state index contributed by atoms with van der Waals surface area (Å²) in [4.78, 5) is 44.5. The van der Waals surface area contributed by atoms with Gasteiger partial charge in [-0.1, -0.05) is 6.07 Å². The van der Waals surface area contributed by atoms with Gasteiger partial charge in [0.2, 0.25) is 5.78 Å². The van der Waals surface area contributed by atoms with E-state index in [4.69, 9.17) is 5.73 Å². The minimum absolute atomic E-state index is 0.0389. The maximum atomic E-state index is 13.8. The highest BCUT2D eigenvalue weighted by molar-refractivity contribution is 6.24. The highest BCUT2D eigenvalue weighted by Gasteiger charge is 2.64. The summed E-state index contributed by atoms with van der Waals surface area (Å²) < 4.78 is 0. The highest BCUT2D eigenvalue weighted by Crippen LogP contribution is 2.53. The van der Waals surface area contributed by atoms with E-state index >= 15 is 0 Å². The van der Waals surface area contributed by atoms with Crippen LogP contribution in [0.5, 0.6) is 5.75 Å². The first-order chi connectivity index (χ1) is 17.0. The van der Waals surface area contributed by atoms with Crippen LogP contribution in [-0.4, -0.2) is 73.5 Å². The molecule has 0 saturated heterocycles. The van der Waals surface area contributed by atoms with Crippen molar-refractivity contribution in [1.82, 2.24) is 9.88 Å². The smallest absolute Gasteiger partial charge is 0.255 e. The largest absolute Gasteiger partial charge is 0.508 e. The molecule has 0 bridgehead atoms. The number of nitrogens with zero attached hydrogens (tertiary/aromatic N) is 2. The number of primary amides is 1. The fraction of sp³-hybridized carbons (Fsp3) is 0.308. The number of aromatic hydroxyl groups is 1. The zero-order valence-electron chi connectivity index (χ0n) is 19.6. The Kier molecular flexibility index (Phi) is 5.27. The van der Waals surface area contributed by atoms with E-state index in [0.29, 0.717) is 5.56 Å². The second-order valence-electron chi connectivity index (χ2n) is 9.68. The van der Waals surface area contributed by atoms with Gasteiger partial charge in [0.15, 0.2) is 11.4 Å². The van der Waals surface area contributed by atoms with Crippen molar-refractivity contribution >= 4 is 23.2 Å². The Bertz CT molecular complexity index is 1400. The number of nitrogens with two attached hydrogens (primary N) is 1. The Labute approximate surface area is 206 Å². The van der Waals surface area contributed by atoms with Crippen molar-refractivity contribution in [2.24, 2.45) is 17.6 Å². The molecule has 10 heteroatoms. The zero-order chi connectivity index (χ0) is 26.1. The maximum absolute atomic E-state index is 13.8. The number of rotatable bonds is 3. The molecule has 3 aliphatic carbocycles. The minimum atomic E-state index is -2.65. The molecule has 5 rings (SSSR count). The van der Waals surface area contributed by atoms with E-state index in [1.54, 1.807) is 44.7 Å². The van der Waals surface area contributed by atoms with E-state index in [1.807, 2.05) is 0 Å². The van der Waals surface area contributed by atoms with Crippen LogP contribution >= 0.6 is 0 Å². The number of aliphatic hydroxyl groups excluding tert-OH is 2. The summed E-state index contributed by atoms with van der Waals surface area (Å²) in [6, 6.07) is 5.56. The van der Waals surface area contributed by atoms with Crippen LogP contribution in [0.3, 0.4) is 0 Å². The van der Waals surface area contributed by atoms with Gasteiger partial charge in [0.05, 0.1) is 11.6 Å². The van der Waals surface area contributed by atoms with Gasteiger partial charge in [-0.3, -0.25) is 24.3 Å². The SMILES string of the molecule is CN(C)C1C(=O)C(C(N)=O)=C(O)C2(O)C(=O)C3=C(O)c4c(O)ccc(-c5ccncc5)c4CC3CC12. The van der Waals surface area contributed by atoms with Crippen LogP contribution in [0.1, 0.15) is 17.5 Å². The van der Waals surface area contributed by atoms with Crippen molar-refractivity contribution < 1.29 is 34.8 Å². The fourth-order valence-electron chi connectivity index (χ4n) is 6.05. The van der Waals surface area contributed by atoms with Crippen LogP contribution in [0.15, 0.2) is 53.6 Å². The van der Waals surface area contributed by atoms with Gasteiger partial charge in [-0.2, -0.15) is 0 Å². The number of phenols is 1. The predicted molar refractivity (Wildman–Crippen MR) is 127 cm³/mol. The lowest BCUT2D eigenvalue weighted by atomic mass is 9.57. The molecule has 10 nitrogen and oxygen atoms in total. The Morgan fingerprint density at radius 1 is 1.11 bits per heavy atom. The molecule has 0 spiro atoms. The molecule has 1 amide bonds. The molecule has 0 aliphatic heterocycles. The summed E-state index contributed by atoms with van der Waals surface area (Å²) in [6.45, 7) is 0. The van der Waals surface area contributed by atoms with Crippen molar-refractivity contribution in [3.05, 3.63) is 64.7 Å². The standard InChI is InChI=1S/C26H25N3O7/c1-29(2)20-15-10-12-9-14-13(11-5-7-28-8-6-11)3-4-16(30)18(14)21(31)17(12)23(33)26(15,36)24(34)19(22(20)32)25(27)35/h3-8,12,15,20,30-31,34,36H,9-10H2,1-2H3,(H2,27,35). The number of hydrogen-bond donors (Lipinski definition) is 5. The molecule has 0 radical (unpaired) electrons. The molecule has 1 aromatic carbocycles. The van der Waals surface area contributed by atoms with E-state index in [1.165, 1.54) is 11.0 Å². The quantitative estimate of drug-likeness (QED) is 0.393. The number of ketones is 2. The van der Waals surface area contributed by atoms with Crippen molar-refractivity contribution in [1.29, 1.82) is 0 Å². The topological polar surface area (TPSA) is 174 Å². The van der Waals surface area contributed by atoms with Crippen molar-refractivity contribution in [2.75, 3.05) is 14.1 Å². The fourth-order valence-corrected chi connectivity index (χ4v) is 6.05. The van der Waals surface area contributed by atoms with Crippen LogP contribution in [-0.2, 0) is 20.8 Å². The van der Waals surface area contributed by atoms with E-state index in [0.717, 1.165) is 11.1 Å². The summed E-state index contributed by atoms with van der Waals surface area (Å²) in [5.74, 6) is -6.69. The van der Waals surface area contributed by atoms with Gasteiger partial charge in [-0.05, 0) is 67.7 Å². The van der Waals surface area contributed by atoms with Crippen molar-refractivity contribution in [3.63, 3.8) is 0 Å². The van der Waals surface area contributed by atoms with Crippen LogP contribution in [0.25, 0.3) is 16.9 Å². The van der Waals surface area contributed by atoms with Gasteiger partial charge in [0, 0.05) is 23.9 Å². The lowest BCUT2D eigenvalue weighted by Crippen LogP contribution is -2.65. The molecule has 1 heterocycles. The average molecular weight is 492 g/mol. The van der Waals surface area contributed by atoms with Crippen LogP contribution < -0.4 is 5.73 Å². The molecule has 1 aromatic heterocycles. The van der Waals surface area contributed by atoms with E-state index in [-0.39, 0.29) is 29.7 Å². The lowest BCUT2D eigenvalue weighted by molar-refractivity contribution is -0.153. The van der Waals surface area contributed by atoms with Gasteiger partial charge < -0.3 is 26.2 Å². The third-order valence-electron chi connectivity index (χ3n) is 7.60. The molecule has 36 heavy (non-hydrogen) atoms. The number of phenolic OH excluding ortho intramolecular Hbond substituents is 1. The summed E-state index contributed by atoms with van der Waals surface area (Å²) >= 11 is 0. The third kappa shape index (κ3) is 3.04. The Balaban J connectivity index is 1.75. The number of Topliss-reactive ketones (excluding diaryl/α,β-unsaturated/α-hetero) is 2. The normalized spacial score (nSPS) is 27.6. The van der Waals surface area contributed by atoms with E-state index in [2.05, 4.69) is 4.98 Å². The number of hydrogen-bond acceptors (Lipinski definition) is 9. The molecule has 3 aliphatic rings. The number of benzene rings is 1. The third-order valence-corrected chi connectivity index (χ3v) is 7.60. The van der Waals surface area contributed by atoms with Crippen molar-refractivity contribution in [2.45, 2.75) is 24.5 Å². The zero-order valence-corrected chi connectivity index (χ0v) is 19.6. The molecule has 2 aromatic rings. The first-order valence-corrected chi connectivity index (χ1v) is 11.4. The Hall–Kier alpha value is -4.02. The van der Waals surface area contributed by atoms with Gasteiger partial charge in [0.25, 0.3) is 5.91 Å². The molecular formula is C26H25N3O7. The monoisotopic (exact) mass is 491 g/mol. The van der Waals surface area contributed by atoms with Crippen LogP contribution in [0.2, 0.25) is 0 Å². The first kappa shape index (κ1) is 23.7. The van der Waals surface area contributed by atoms with E-state index < -0.39 is 58.0 Å². The summed E-state index contributed by atoms with van der Waals surface area (Å²) in [5.41, 5.74) is 3.85. The first-order valence-electron chi connectivity index (χ1n) is 11.4. The molecule has 1 saturated carbocycles. The minimum Gasteiger partial charge on any atom is -0.508 e. The van der Waals surface area contributed by atoms with Gasteiger partial charge in [-0.15, -0.1) is 0 Å². The molecule has 4 unspecified atom stereocenters. The molecule has 1 fully saturated rings. The number of amides is 1. The Morgan fingerprint density at radius 2 is 1.78 bits per heavy atom. The predicted octanol–water partition coefficient (Wildman–Crippen LogP) is 1.03. The number of carbonyl (C=O) groups is 3. The second-order valence-corrected chi connectivity index (χ2v) is 9.68. The molecule has 186 valence electrons. The van der Waals surface area contributed by atoms with Gasteiger partial charge >= 0.3 is 0 Å². The van der Waals surface area contributed by atoms with E-state index in [9.17, 15) is 34.8 Å². The maximum Gasteiger partial charge on any atom is 0.255 e. The molecular weight excluding hydrogens is 466 g/mol.